The van der Waals surface area contributed by atoms with Gasteiger partial charge in [-0.2, -0.15) is 4.98 Å². The first-order chi connectivity index (χ1) is 18.4. The fourth-order valence-corrected chi connectivity index (χ4v) is 4.82. The average Bonchev–Trinajstić information content (AvgIpc) is 3.61. The van der Waals surface area contributed by atoms with E-state index >= 15 is 0 Å². The van der Waals surface area contributed by atoms with Crippen LogP contribution in [-0.2, 0) is 16.0 Å². The molecule has 11 heteroatoms. The lowest BCUT2D eigenvalue weighted by Gasteiger charge is -2.42. The standard InChI is InChI=1S/C27H33N7O4/c1-18(2)26(36)34-11-10-32(25-19(3)14-30-27(31-25)33-9-8-28-16-33)15-21(34)13-24(35)29-7-6-20-4-5-22-23(12-20)38-17-37-22/h4-5,8-9,12,14,16,18,21H,6-7,10-11,13,15,17H2,1-3H3,(H,29,35). The number of nitrogens with zero attached hydrogens (tertiary/aromatic N) is 6. The van der Waals surface area contributed by atoms with Crippen LogP contribution in [0.25, 0.3) is 5.95 Å². The fraction of sp³-hybridized carbons (Fsp3) is 0.444. The number of piperazine rings is 1. The van der Waals surface area contributed by atoms with Crippen LogP contribution in [0.2, 0.25) is 0 Å². The molecular formula is C27H33N7O4. The number of benzene rings is 1. The van der Waals surface area contributed by atoms with Crippen LogP contribution in [-0.4, -0.2) is 75.2 Å². The minimum Gasteiger partial charge on any atom is -0.454 e. The normalized spacial score (nSPS) is 16.7. The smallest absolute Gasteiger partial charge is 0.236 e. The second-order valence-electron chi connectivity index (χ2n) is 9.92. The van der Waals surface area contributed by atoms with Crippen LogP contribution in [0.5, 0.6) is 11.5 Å². The number of nitrogens with one attached hydrogen (secondary N) is 1. The molecule has 2 amide bonds. The Bertz CT molecular complexity index is 1290. The van der Waals surface area contributed by atoms with Crippen molar-refractivity contribution in [2.75, 3.05) is 37.9 Å². The summed E-state index contributed by atoms with van der Waals surface area (Å²) < 4.78 is 12.6. The fourth-order valence-electron chi connectivity index (χ4n) is 4.82. The summed E-state index contributed by atoms with van der Waals surface area (Å²) in [7, 11) is 0. The molecule has 0 spiro atoms. The van der Waals surface area contributed by atoms with Gasteiger partial charge in [-0.05, 0) is 31.0 Å². The molecule has 1 atom stereocenters. The van der Waals surface area contributed by atoms with Crippen molar-refractivity contribution in [3.05, 3.63) is 54.2 Å². The van der Waals surface area contributed by atoms with E-state index in [0.29, 0.717) is 38.5 Å². The van der Waals surface area contributed by atoms with Gasteiger partial charge in [0.2, 0.25) is 24.6 Å². The van der Waals surface area contributed by atoms with Gasteiger partial charge in [-0.15, -0.1) is 0 Å². The van der Waals surface area contributed by atoms with Gasteiger partial charge >= 0.3 is 0 Å². The lowest BCUT2D eigenvalue weighted by molar-refractivity contribution is -0.138. The lowest BCUT2D eigenvalue weighted by atomic mass is 10.0. The predicted octanol–water partition coefficient (Wildman–Crippen LogP) is 2.12. The molecule has 2 aliphatic heterocycles. The van der Waals surface area contributed by atoms with E-state index in [1.165, 1.54) is 0 Å². The van der Waals surface area contributed by atoms with Crippen LogP contribution >= 0.6 is 0 Å². The molecule has 1 N–H and O–H groups in total. The van der Waals surface area contributed by atoms with Crippen LogP contribution in [0.3, 0.4) is 0 Å². The van der Waals surface area contributed by atoms with Gasteiger partial charge in [0.15, 0.2) is 11.5 Å². The number of anilines is 1. The largest absolute Gasteiger partial charge is 0.454 e. The number of aromatic nitrogens is 4. The first-order valence-electron chi connectivity index (χ1n) is 12.9. The Morgan fingerprint density at radius 2 is 2.03 bits per heavy atom. The van der Waals surface area contributed by atoms with Crippen molar-refractivity contribution in [1.82, 2.24) is 29.7 Å². The van der Waals surface area contributed by atoms with E-state index in [-0.39, 0.29) is 37.0 Å². The SMILES string of the molecule is Cc1cnc(-n2ccnc2)nc1N1CCN(C(=O)C(C)C)C(CC(=O)NCCc2ccc3c(c2)OCO3)C1. The number of carbonyl (C=O) groups excluding carboxylic acids is 2. The molecule has 4 heterocycles. The molecule has 3 aromatic rings. The summed E-state index contributed by atoms with van der Waals surface area (Å²) in [4.78, 5) is 43.3. The highest BCUT2D eigenvalue weighted by Gasteiger charge is 2.34. The van der Waals surface area contributed by atoms with Crippen molar-refractivity contribution in [1.29, 1.82) is 0 Å². The molecule has 0 radical (unpaired) electrons. The number of imidazole rings is 1. The molecule has 1 aromatic carbocycles. The number of fused-ring (bicyclic) bond motifs is 1. The van der Waals surface area contributed by atoms with E-state index in [9.17, 15) is 9.59 Å². The molecule has 38 heavy (non-hydrogen) atoms. The zero-order chi connectivity index (χ0) is 26.6. The van der Waals surface area contributed by atoms with Gasteiger partial charge in [0, 0.05) is 62.7 Å². The van der Waals surface area contributed by atoms with Crippen molar-refractivity contribution in [2.24, 2.45) is 5.92 Å². The van der Waals surface area contributed by atoms with Crippen LogP contribution in [0.15, 0.2) is 43.1 Å². The Balaban J connectivity index is 1.25. The Morgan fingerprint density at radius 1 is 1.18 bits per heavy atom. The third-order valence-corrected chi connectivity index (χ3v) is 6.82. The number of hydrogen-bond donors (Lipinski definition) is 1. The highest BCUT2D eigenvalue weighted by Crippen LogP contribution is 2.32. The molecule has 200 valence electrons. The molecule has 0 bridgehead atoms. The summed E-state index contributed by atoms with van der Waals surface area (Å²) in [5.41, 5.74) is 1.99. The quantitative estimate of drug-likeness (QED) is 0.481. The molecule has 0 saturated carbocycles. The molecule has 1 unspecified atom stereocenters. The van der Waals surface area contributed by atoms with Gasteiger partial charge in [0.05, 0.1) is 6.04 Å². The second kappa shape index (κ2) is 11.1. The van der Waals surface area contributed by atoms with Gasteiger partial charge in [0.25, 0.3) is 0 Å². The van der Waals surface area contributed by atoms with E-state index in [4.69, 9.17) is 14.5 Å². The second-order valence-corrected chi connectivity index (χ2v) is 9.92. The van der Waals surface area contributed by atoms with E-state index in [0.717, 1.165) is 28.4 Å². The number of rotatable bonds is 8. The summed E-state index contributed by atoms with van der Waals surface area (Å²) in [6, 6.07) is 5.54. The van der Waals surface area contributed by atoms with Crippen molar-refractivity contribution >= 4 is 17.6 Å². The van der Waals surface area contributed by atoms with Crippen molar-refractivity contribution in [2.45, 2.75) is 39.7 Å². The molecule has 11 nitrogen and oxygen atoms in total. The van der Waals surface area contributed by atoms with Crippen LogP contribution < -0.4 is 19.7 Å². The maximum Gasteiger partial charge on any atom is 0.236 e. The van der Waals surface area contributed by atoms with Crippen LogP contribution in [0.1, 0.15) is 31.4 Å². The zero-order valence-corrected chi connectivity index (χ0v) is 22.0. The Labute approximate surface area is 221 Å². The van der Waals surface area contributed by atoms with E-state index in [2.05, 4.69) is 20.2 Å². The zero-order valence-electron chi connectivity index (χ0n) is 22.0. The third kappa shape index (κ3) is 5.56. The monoisotopic (exact) mass is 519 g/mol. The average molecular weight is 520 g/mol. The molecular weight excluding hydrogens is 486 g/mol. The molecule has 1 fully saturated rings. The summed E-state index contributed by atoms with van der Waals surface area (Å²) in [6.45, 7) is 8.14. The summed E-state index contributed by atoms with van der Waals surface area (Å²) in [5.74, 6) is 2.63. The Hall–Kier alpha value is -4.15. The van der Waals surface area contributed by atoms with Crippen LogP contribution in [0, 0.1) is 12.8 Å². The maximum atomic E-state index is 13.0. The van der Waals surface area contributed by atoms with Gasteiger partial charge in [-0.1, -0.05) is 19.9 Å². The van der Waals surface area contributed by atoms with Gasteiger partial charge in [-0.3, -0.25) is 14.2 Å². The molecule has 1 saturated heterocycles. The maximum absolute atomic E-state index is 13.0. The number of ether oxygens (including phenoxy) is 2. The lowest BCUT2D eigenvalue weighted by Crippen LogP contribution is -2.57. The summed E-state index contributed by atoms with van der Waals surface area (Å²) in [6.07, 6.45) is 7.82. The van der Waals surface area contributed by atoms with Crippen molar-refractivity contribution < 1.29 is 19.1 Å². The minimum absolute atomic E-state index is 0.0568. The van der Waals surface area contributed by atoms with E-state index in [1.807, 2.05) is 43.9 Å². The third-order valence-electron chi connectivity index (χ3n) is 6.82. The topological polar surface area (TPSA) is 115 Å². The highest BCUT2D eigenvalue weighted by molar-refractivity contribution is 5.81. The number of hydrogen-bond acceptors (Lipinski definition) is 8. The van der Waals surface area contributed by atoms with Crippen molar-refractivity contribution in [3.63, 3.8) is 0 Å². The summed E-state index contributed by atoms with van der Waals surface area (Å²) in [5, 5.41) is 3.03. The number of amides is 2. The molecule has 2 aliphatic rings. The van der Waals surface area contributed by atoms with Gasteiger partial charge < -0.3 is 24.6 Å². The predicted molar refractivity (Wildman–Crippen MR) is 140 cm³/mol. The van der Waals surface area contributed by atoms with Crippen molar-refractivity contribution in [3.8, 4) is 17.4 Å². The number of carbonyl (C=O) groups is 2. The first kappa shape index (κ1) is 25.5. The van der Waals surface area contributed by atoms with E-state index in [1.54, 1.807) is 29.5 Å². The Kier molecular flexibility index (Phi) is 7.43. The first-order valence-corrected chi connectivity index (χ1v) is 12.9. The highest BCUT2D eigenvalue weighted by atomic mass is 16.7. The van der Waals surface area contributed by atoms with Gasteiger partial charge in [-0.25, -0.2) is 9.97 Å². The Morgan fingerprint density at radius 3 is 2.82 bits per heavy atom. The minimum atomic E-state index is -0.268. The molecule has 2 aromatic heterocycles. The number of aryl methyl sites for hydroxylation is 1. The molecule has 0 aliphatic carbocycles. The van der Waals surface area contributed by atoms with E-state index < -0.39 is 0 Å². The summed E-state index contributed by atoms with van der Waals surface area (Å²) >= 11 is 0. The van der Waals surface area contributed by atoms with Crippen LogP contribution in [0.4, 0.5) is 5.82 Å². The van der Waals surface area contributed by atoms with Gasteiger partial charge in [0.1, 0.15) is 12.1 Å². The molecule has 5 rings (SSSR count).